The van der Waals surface area contributed by atoms with Crippen LogP contribution < -0.4 is 0 Å². The van der Waals surface area contributed by atoms with Crippen LogP contribution in [-0.4, -0.2) is 35.2 Å². The highest BCUT2D eigenvalue weighted by Gasteiger charge is 2.21. The van der Waals surface area contributed by atoms with E-state index in [9.17, 15) is 4.79 Å². The summed E-state index contributed by atoms with van der Waals surface area (Å²) in [7, 11) is 1.39. The quantitative estimate of drug-likeness (QED) is 0.339. The zero-order chi connectivity index (χ0) is 8.69. The molecule has 0 bridgehead atoms. The molecule has 5 heteroatoms. The average Bonchev–Trinajstić information content (AvgIpc) is 2.05. The Morgan fingerprint density at radius 1 is 1.55 bits per heavy atom. The third-order valence-corrected chi connectivity index (χ3v) is 3.59. The molecule has 0 heterocycles. The standard InChI is InChI=1S/C6H13NO3Si/c1-4-6(7-5-8)11(9-2)10-3/h6,11H,4H2,1-3H3. The number of rotatable bonds is 5. The molecule has 64 valence electrons. The Labute approximate surface area is 68.1 Å². The summed E-state index contributed by atoms with van der Waals surface area (Å²) < 4.78 is 10.1. The van der Waals surface area contributed by atoms with E-state index in [1.807, 2.05) is 6.92 Å². The monoisotopic (exact) mass is 175 g/mol. The van der Waals surface area contributed by atoms with E-state index in [0.717, 1.165) is 6.42 Å². The highest BCUT2D eigenvalue weighted by atomic mass is 28.3. The first-order valence-corrected chi connectivity index (χ1v) is 5.03. The number of hydrogen-bond acceptors (Lipinski definition) is 4. The molecule has 0 N–H and O–H groups in total. The lowest BCUT2D eigenvalue weighted by Gasteiger charge is -2.15. The first-order valence-electron chi connectivity index (χ1n) is 3.42. The lowest BCUT2D eigenvalue weighted by atomic mass is 10.5. The predicted molar refractivity (Wildman–Crippen MR) is 43.4 cm³/mol. The van der Waals surface area contributed by atoms with Crippen LogP contribution in [0, 0.1) is 0 Å². The molecule has 4 nitrogen and oxygen atoms in total. The summed E-state index contributed by atoms with van der Waals surface area (Å²) in [6, 6.07) is 0. The third kappa shape index (κ3) is 3.43. The number of aliphatic imine (C=N–C) groups is 1. The van der Waals surface area contributed by atoms with Crippen LogP contribution >= 0.6 is 0 Å². The molecule has 0 amide bonds. The molecular formula is C6H13NO3Si. The predicted octanol–water partition coefficient (Wildman–Crippen LogP) is 0.153. The van der Waals surface area contributed by atoms with Gasteiger partial charge in [-0.3, -0.25) is 0 Å². The fourth-order valence-corrected chi connectivity index (χ4v) is 2.21. The molecular weight excluding hydrogens is 162 g/mol. The molecule has 0 aromatic rings. The van der Waals surface area contributed by atoms with Crippen LogP contribution in [0.3, 0.4) is 0 Å². The van der Waals surface area contributed by atoms with Gasteiger partial charge in [-0.05, 0) is 6.42 Å². The van der Waals surface area contributed by atoms with E-state index >= 15 is 0 Å². The van der Waals surface area contributed by atoms with Gasteiger partial charge in [-0.15, -0.1) is 0 Å². The van der Waals surface area contributed by atoms with Gasteiger partial charge in [0, 0.05) is 14.2 Å². The number of hydrogen-bond donors (Lipinski definition) is 0. The molecule has 0 aromatic heterocycles. The fraction of sp³-hybridized carbons (Fsp3) is 0.833. The molecule has 0 radical (unpaired) electrons. The first-order chi connectivity index (χ1) is 5.29. The lowest BCUT2D eigenvalue weighted by molar-refractivity contribution is 0.266. The summed E-state index contributed by atoms with van der Waals surface area (Å²) in [6.45, 7) is 1.93. The van der Waals surface area contributed by atoms with Crippen LogP contribution in [0.4, 0.5) is 0 Å². The van der Waals surface area contributed by atoms with Gasteiger partial charge in [0.15, 0.2) is 0 Å². The van der Waals surface area contributed by atoms with E-state index < -0.39 is 9.28 Å². The fourth-order valence-electron chi connectivity index (χ4n) is 0.823. The van der Waals surface area contributed by atoms with Gasteiger partial charge in [0.25, 0.3) is 0 Å². The second-order valence-corrected chi connectivity index (χ2v) is 4.48. The van der Waals surface area contributed by atoms with E-state index in [4.69, 9.17) is 8.85 Å². The van der Waals surface area contributed by atoms with Crippen LogP contribution in [0.2, 0.25) is 0 Å². The largest absolute Gasteiger partial charge is 0.399 e. The van der Waals surface area contributed by atoms with Gasteiger partial charge in [-0.1, -0.05) is 6.92 Å². The van der Waals surface area contributed by atoms with Crippen LogP contribution in [0.15, 0.2) is 4.99 Å². The molecule has 1 atom stereocenters. The van der Waals surface area contributed by atoms with Gasteiger partial charge in [0.1, 0.15) is 5.67 Å². The van der Waals surface area contributed by atoms with Crippen molar-refractivity contribution in [2.24, 2.45) is 4.99 Å². The summed E-state index contributed by atoms with van der Waals surface area (Å²) in [6.07, 6.45) is 2.28. The average molecular weight is 175 g/mol. The van der Waals surface area contributed by atoms with Gasteiger partial charge in [0.2, 0.25) is 6.08 Å². The Hall–Kier alpha value is -0.483. The van der Waals surface area contributed by atoms with Crippen LogP contribution in [-0.2, 0) is 13.6 Å². The van der Waals surface area contributed by atoms with Gasteiger partial charge in [0.05, 0.1) is 0 Å². The number of nitrogens with zero attached hydrogens (tertiary/aromatic N) is 1. The Bertz CT molecular complexity index is 143. The normalized spacial score (nSPS) is 12.7. The van der Waals surface area contributed by atoms with Crippen LogP contribution in [0.1, 0.15) is 13.3 Å². The van der Waals surface area contributed by atoms with Crippen molar-refractivity contribution >= 4 is 15.4 Å². The van der Waals surface area contributed by atoms with E-state index in [2.05, 4.69) is 4.99 Å². The molecule has 0 aliphatic rings. The summed E-state index contributed by atoms with van der Waals surface area (Å²) in [5, 5.41) is 0. The van der Waals surface area contributed by atoms with E-state index in [1.165, 1.54) is 6.08 Å². The molecule has 0 fully saturated rings. The molecule has 0 aromatic carbocycles. The third-order valence-electron chi connectivity index (χ3n) is 1.42. The summed E-state index contributed by atoms with van der Waals surface area (Å²) >= 11 is 0. The zero-order valence-electron chi connectivity index (χ0n) is 7.03. The maximum Gasteiger partial charge on any atom is 0.347 e. The van der Waals surface area contributed by atoms with Crippen molar-refractivity contribution in [3.8, 4) is 0 Å². The SMILES string of the molecule is CCC(N=C=O)[SiH](OC)OC. The zero-order valence-corrected chi connectivity index (χ0v) is 8.19. The topological polar surface area (TPSA) is 47.9 Å². The number of carbonyl (C=O) groups excluding carboxylic acids is 1. The molecule has 0 spiro atoms. The molecule has 0 saturated heterocycles. The Kier molecular flexibility index (Phi) is 5.97. The minimum atomic E-state index is -1.75. The highest BCUT2D eigenvalue weighted by molar-refractivity contribution is 6.46. The smallest absolute Gasteiger partial charge is 0.347 e. The van der Waals surface area contributed by atoms with Gasteiger partial charge in [-0.2, -0.15) is 0 Å². The maximum absolute atomic E-state index is 9.93. The van der Waals surface area contributed by atoms with Crippen molar-refractivity contribution in [2.75, 3.05) is 14.2 Å². The van der Waals surface area contributed by atoms with Crippen molar-refractivity contribution in [2.45, 2.75) is 19.0 Å². The molecule has 0 aliphatic heterocycles. The minimum absolute atomic E-state index is 0.109. The Morgan fingerprint density at radius 2 is 2.09 bits per heavy atom. The molecule has 0 aliphatic carbocycles. The van der Waals surface area contributed by atoms with Gasteiger partial charge in [-0.25, -0.2) is 9.79 Å². The van der Waals surface area contributed by atoms with Gasteiger partial charge < -0.3 is 8.85 Å². The maximum atomic E-state index is 9.93. The first kappa shape index (κ1) is 10.5. The highest BCUT2D eigenvalue weighted by Crippen LogP contribution is 2.02. The Balaban J connectivity index is 4.08. The van der Waals surface area contributed by atoms with Crippen LogP contribution in [0.5, 0.6) is 0 Å². The summed E-state index contributed by atoms with van der Waals surface area (Å²) in [4.78, 5) is 13.5. The van der Waals surface area contributed by atoms with Crippen molar-refractivity contribution in [1.29, 1.82) is 0 Å². The molecule has 0 rings (SSSR count). The Morgan fingerprint density at radius 3 is 2.36 bits per heavy atom. The van der Waals surface area contributed by atoms with Crippen molar-refractivity contribution in [3.05, 3.63) is 0 Å². The van der Waals surface area contributed by atoms with E-state index in [0.29, 0.717) is 0 Å². The van der Waals surface area contributed by atoms with Crippen molar-refractivity contribution in [3.63, 3.8) is 0 Å². The lowest BCUT2D eigenvalue weighted by Crippen LogP contribution is -2.33. The second kappa shape index (κ2) is 6.24. The second-order valence-electron chi connectivity index (χ2n) is 2.04. The molecule has 0 saturated carbocycles. The van der Waals surface area contributed by atoms with E-state index in [1.54, 1.807) is 14.2 Å². The minimum Gasteiger partial charge on any atom is -0.399 e. The molecule has 1 unspecified atom stereocenters. The van der Waals surface area contributed by atoms with Crippen LogP contribution in [0.25, 0.3) is 0 Å². The summed E-state index contributed by atoms with van der Waals surface area (Å²) in [5.74, 6) is 0. The molecule has 11 heavy (non-hydrogen) atoms. The summed E-state index contributed by atoms with van der Waals surface area (Å²) in [5.41, 5.74) is -0.109. The number of isocyanates is 1. The van der Waals surface area contributed by atoms with Gasteiger partial charge >= 0.3 is 9.28 Å². The van der Waals surface area contributed by atoms with Crippen molar-refractivity contribution in [1.82, 2.24) is 0 Å². The van der Waals surface area contributed by atoms with Crippen molar-refractivity contribution < 1.29 is 13.6 Å². The van der Waals surface area contributed by atoms with E-state index in [-0.39, 0.29) is 5.67 Å².